The number of unbranched alkanes of at least 4 members (excludes halogenated alkanes) is 2. The van der Waals surface area contributed by atoms with Gasteiger partial charge >= 0.3 is 7.60 Å². The Morgan fingerprint density at radius 2 is 1.47 bits per heavy atom. The van der Waals surface area contributed by atoms with Crippen LogP contribution in [0.25, 0.3) is 0 Å². The maximum atomic E-state index is 12.0. The zero-order valence-electron chi connectivity index (χ0n) is 9.25. The van der Waals surface area contributed by atoms with E-state index in [0.29, 0.717) is 13.2 Å². The molecule has 6 heteroatoms. The smallest absolute Gasteiger partial charge is 0.307 e. The van der Waals surface area contributed by atoms with Gasteiger partial charge in [0.15, 0.2) is 0 Å². The molecular formula is C9H19Cl2O3P. The summed E-state index contributed by atoms with van der Waals surface area (Å²) in [6, 6.07) is 0. The fourth-order valence-corrected chi connectivity index (χ4v) is 2.57. The van der Waals surface area contributed by atoms with Gasteiger partial charge in [0.1, 0.15) is 0 Å². The van der Waals surface area contributed by atoms with Gasteiger partial charge in [-0.2, -0.15) is 0 Å². The van der Waals surface area contributed by atoms with Crippen molar-refractivity contribution in [2.24, 2.45) is 0 Å². The SMILES string of the molecule is CCCCOP(=O)(OCCCC)C(Cl)Cl. The number of hydrogen-bond acceptors (Lipinski definition) is 3. The Bertz CT molecular complexity index is 186. The maximum absolute atomic E-state index is 12.0. The minimum absolute atomic E-state index is 0.371. The summed E-state index contributed by atoms with van der Waals surface area (Å²) in [7, 11) is -3.32. The van der Waals surface area contributed by atoms with Gasteiger partial charge in [0.25, 0.3) is 0 Å². The predicted molar refractivity (Wildman–Crippen MR) is 64.8 cm³/mol. The molecule has 0 rings (SSSR count). The average molecular weight is 277 g/mol. The first-order valence-electron chi connectivity index (χ1n) is 5.23. The minimum atomic E-state index is -3.32. The number of hydrogen-bond donors (Lipinski definition) is 0. The molecule has 3 nitrogen and oxygen atoms in total. The van der Waals surface area contributed by atoms with Crippen molar-refractivity contribution in [1.82, 2.24) is 0 Å². The molecule has 0 radical (unpaired) electrons. The van der Waals surface area contributed by atoms with Gasteiger partial charge in [0.05, 0.1) is 13.2 Å². The molecule has 0 aliphatic heterocycles. The van der Waals surface area contributed by atoms with Gasteiger partial charge in [-0.15, -0.1) is 0 Å². The summed E-state index contributed by atoms with van der Waals surface area (Å²) in [6.07, 6.45) is 3.57. The summed E-state index contributed by atoms with van der Waals surface area (Å²) < 4.78 is 21.1. The van der Waals surface area contributed by atoms with Crippen molar-refractivity contribution in [2.75, 3.05) is 13.2 Å². The molecule has 0 N–H and O–H groups in total. The van der Waals surface area contributed by atoms with Gasteiger partial charge in [0.2, 0.25) is 4.58 Å². The summed E-state index contributed by atoms with van der Waals surface area (Å²) in [5.41, 5.74) is 0. The summed E-state index contributed by atoms with van der Waals surface area (Å²) in [6.45, 7) is 4.78. The topological polar surface area (TPSA) is 35.5 Å². The van der Waals surface area contributed by atoms with Gasteiger partial charge in [-0.25, -0.2) is 0 Å². The Morgan fingerprint density at radius 1 is 1.07 bits per heavy atom. The van der Waals surface area contributed by atoms with Crippen LogP contribution in [0.4, 0.5) is 0 Å². The first-order chi connectivity index (χ1) is 7.06. The van der Waals surface area contributed by atoms with Crippen LogP contribution in [-0.2, 0) is 13.6 Å². The van der Waals surface area contributed by atoms with Crippen molar-refractivity contribution in [3.8, 4) is 0 Å². The van der Waals surface area contributed by atoms with Gasteiger partial charge in [-0.1, -0.05) is 49.9 Å². The Hall–Kier alpha value is 0.730. The molecule has 0 amide bonds. The molecule has 0 saturated heterocycles. The van der Waals surface area contributed by atoms with Gasteiger partial charge in [0, 0.05) is 0 Å². The molecule has 0 unspecified atom stereocenters. The van der Waals surface area contributed by atoms with Crippen molar-refractivity contribution in [2.45, 2.75) is 44.1 Å². The van der Waals surface area contributed by atoms with E-state index < -0.39 is 12.2 Å². The molecule has 0 spiro atoms. The van der Waals surface area contributed by atoms with E-state index in [4.69, 9.17) is 32.2 Å². The molecule has 0 saturated carbocycles. The third-order valence-corrected chi connectivity index (χ3v) is 4.77. The van der Waals surface area contributed by atoms with E-state index >= 15 is 0 Å². The molecule has 0 aromatic heterocycles. The molecular weight excluding hydrogens is 258 g/mol. The van der Waals surface area contributed by atoms with Crippen LogP contribution in [0.5, 0.6) is 0 Å². The lowest BCUT2D eigenvalue weighted by Crippen LogP contribution is -2.04. The summed E-state index contributed by atoms with van der Waals surface area (Å²) in [4.78, 5) is 0. The number of alkyl halides is 2. The second kappa shape index (κ2) is 8.83. The molecule has 0 aromatic rings. The standard InChI is InChI=1S/C9H19Cl2O3P/c1-3-5-7-13-15(12,9(10)11)14-8-6-4-2/h9H,3-8H2,1-2H3. The lowest BCUT2D eigenvalue weighted by molar-refractivity contribution is 0.201. The molecule has 0 bridgehead atoms. The van der Waals surface area contributed by atoms with Gasteiger partial charge < -0.3 is 9.05 Å². The number of rotatable bonds is 9. The third kappa shape index (κ3) is 6.80. The van der Waals surface area contributed by atoms with E-state index in [0.717, 1.165) is 25.7 Å². The maximum Gasteiger partial charge on any atom is 0.363 e. The molecule has 0 atom stereocenters. The number of halogens is 2. The summed E-state index contributed by atoms with van der Waals surface area (Å²) >= 11 is 11.2. The quantitative estimate of drug-likeness (QED) is 0.351. The fraction of sp³-hybridized carbons (Fsp3) is 1.00. The average Bonchev–Trinajstić information content (AvgIpc) is 2.18. The van der Waals surface area contributed by atoms with Crippen molar-refractivity contribution in [3.05, 3.63) is 0 Å². The van der Waals surface area contributed by atoms with E-state index in [1.165, 1.54) is 0 Å². The molecule has 0 aliphatic rings. The fourth-order valence-electron chi connectivity index (χ4n) is 0.822. The van der Waals surface area contributed by atoms with Crippen molar-refractivity contribution < 1.29 is 13.6 Å². The van der Waals surface area contributed by atoms with Crippen molar-refractivity contribution >= 4 is 30.8 Å². The first-order valence-corrected chi connectivity index (χ1v) is 7.72. The monoisotopic (exact) mass is 276 g/mol. The molecule has 92 valence electrons. The molecule has 0 heterocycles. The Morgan fingerprint density at radius 3 is 1.73 bits per heavy atom. The van der Waals surface area contributed by atoms with Crippen LogP contribution in [0.3, 0.4) is 0 Å². The van der Waals surface area contributed by atoms with E-state index in [-0.39, 0.29) is 0 Å². The van der Waals surface area contributed by atoms with Crippen molar-refractivity contribution in [3.63, 3.8) is 0 Å². The van der Waals surface area contributed by atoms with Crippen LogP contribution >= 0.6 is 30.8 Å². The second-order valence-electron chi connectivity index (χ2n) is 3.19. The molecule has 0 aromatic carbocycles. The predicted octanol–water partition coefficient (Wildman–Crippen LogP) is 4.57. The Labute approximate surface area is 102 Å². The Kier molecular flexibility index (Phi) is 9.26. The molecule has 0 fully saturated rings. The molecule has 0 aliphatic carbocycles. The van der Waals surface area contributed by atoms with Crippen LogP contribution in [-0.4, -0.2) is 17.8 Å². The van der Waals surface area contributed by atoms with Crippen LogP contribution in [0.2, 0.25) is 0 Å². The highest BCUT2D eigenvalue weighted by Gasteiger charge is 2.32. The summed E-state index contributed by atoms with van der Waals surface area (Å²) in [5, 5.41) is 0. The summed E-state index contributed by atoms with van der Waals surface area (Å²) in [5.74, 6) is 0. The normalized spacial score (nSPS) is 12.3. The molecule has 15 heavy (non-hydrogen) atoms. The third-order valence-electron chi connectivity index (χ3n) is 1.78. The largest absolute Gasteiger partial charge is 0.363 e. The highest BCUT2D eigenvalue weighted by atomic mass is 35.5. The van der Waals surface area contributed by atoms with E-state index in [9.17, 15) is 4.57 Å². The first kappa shape index (κ1) is 15.7. The highest BCUT2D eigenvalue weighted by Crippen LogP contribution is 2.56. The van der Waals surface area contributed by atoms with Crippen LogP contribution in [0.15, 0.2) is 0 Å². The highest BCUT2D eigenvalue weighted by molar-refractivity contribution is 7.58. The van der Waals surface area contributed by atoms with Crippen LogP contribution < -0.4 is 0 Å². The van der Waals surface area contributed by atoms with E-state index in [1.54, 1.807) is 0 Å². The lowest BCUT2D eigenvalue weighted by atomic mass is 10.4. The second-order valence-corrected chi connectivity index (χ2v) is 7.01. The van der Waals surface area contributed by atoms with Crippen LogP contribution in [0.1, 0.15) is 39.5 Å². The van der Waals surface area contributed by atoms with Crippen LogP contribution in [0, 0.1) is 0 Å². The lowest BCUT2D eigenvalue weighted by Gasteiger charge is -2.18. The zero-order valence-corrected chi connectivity index (χ0v) is 11.7. The Balaban J connectivity index is 4.02. The van der Waals surface area contributed by atoms with Crippen molar-refractivity contribution in [1.29, 1.82) is 0 Å². The minimum Gasteiger partial charge on any atom is -0.307 e. The van der Waals surface area contributed by atoms with E-state index in [2.05, 4.69) is 0 Å². The van der Waals surface area contributed by atoms with Gasteiger partial charge in [-0.05, 0) is 12.8 Å². The van der Waals surface area contributed by atoms with E-state index in [1.807, 2.05) is 13.8 Å². The zero-order chi connectivity index (χ0) is 11.7. The van der Waals surface area contributed by atoms with Gasteiger partial charge in [-0.3, -0.25) is 4.57 Å².